The number of hydrogen-bond donors (Lipinski definition) is 1. The molecule has 216 valence electrons. The molecule has 0 saturated carbocycles. The van der Waals surface area contributed by atoms with Crippen molar-refractivity contribution in [3.63, 3.8) is 0 Å². The lowest BCUT2D eigenvalue weighted by molar-refractivity contribution is 0.319. The fourth-order valence-electron chi connectivity index (χ4n) is 3.61. The molecular weight excluding hydrogens is 498 g/mol. The molecule has 0 aliphatic carbocycles. The number of aryl methyl sites for hydroxylation is 3. The van der Waals surface area contributed by atoms with Gasteiger partial charge in [0.1, 0.15) is 17.3 Å². The molecule has 1 aromatic carbocycles. The van der Waals surface area contributed by atoms with Gasteiger partial charge in [0.15, 0.2) is 11.7 Å². The van der Waals surface area contributed by atoms with E-state index >= 15 is 0 Å². The van der Waals surface area contributed by atoms with Crippen molar-refractivity contribution in [2.24, 2.45) is 0 Å². The number of rotatable bonds is 9. The highest BCUT2D eigenvalue weighted by molar-refractivity contribution is 5.28. The maximum atomic E-state index is 5.88. The first-order chi connectivity index (χ1) is 19.3. The van der Waals surface area contributed by atoms with Gasteiger partial charge in [-0.05, 0) is 70.9 Å². The third kappa shape index (κ3) is 11.7. The van der Waals surface area contributed by atoms with Gasteiger partial charge in [-0.1, -0.05) is 36.8 Å². The van der Waals surface area contributed by atoms with E-state index in [0.717, 1.165) is 41.7 Å². The standard InChI is InChI=1S/C22H25N5O2.C6H12.C3H6.C2H4/c1-15-20(24-17(3)29-15)10-13-28-19-8-6-18(7-9-19)14-21(27-11-4-5-12-27)22-23-16(2)25-26-22;1-4-6(3)5-2;1-3-2;1-2/h4-9,11-12,21H,10,13-14H2,1-3H3,(H,23,25,26);4H,5H2,1-3H3;3H,1H2,2H3;1-2H2/b;6-4-;;/t21-;;;/m0.../s1. The summed E-state index contributed by atoms with van der Waals surface area (Å²) in [6.45, 7) is 23.9. The lowest BCUT2D eigenvalue weighted by Crippen LogP contribution is -2.13. The second kappa shape index (κ2) is 19.0. The van der Waals surface area contributed by atoms with Crippen molar-refractivity contribution < 1.29 is 9.15 Å². The summed E-state index contributed by atoms with van der Waals surface area (Å²) < 4.78 is 13.5. The predicted octanol–water partition coefficient (Wildman–Crippen LogP) is 8.33. The van der Waals surface area contributed by atoms with E-state index in [9.17, 15) is 0 Å². The highest BCUT2D eigenvalue weighted by Crippen LogP contribution is 2.22. The molecule has 0 unspecified atom stereocenters. The Morgan fingerprint density at radius 2 is 1.70 bits per heavy atom. The number of aromatic nitrogens is 5. The number of aromatic amines is 1. The van der Waals surface area contributed by atoms with Crippen LogP contribution in [0.25, 0.3) is 0 Å². The van der Waals surface area contributed by atoms with Crippen molar-refractivity contribution >= 4 is 0 Å². The summed E-state index contributed by atoms with van der Waals surface area (Å²) in [4.78, 5) is 8.91. The van der Waals surface area contributed by atoms with Crippen LogP contribution in [0, 0.1) is 20.8 Å². The molecule has 3 heterocycles. The number of oxazole rings is 1. The second-order valence-electron chi connectivity index (χ2n) is 9.00. The van der Waals surface area contributed by atoms with E-state index in [1.807, 2.05) is 64.4 Å². The Bertz CT molecular complexity index is 1250. The maximum absolute atomic E-state index is 5.88. The molecule has 0 aliphatic rings. The Morgan fingerprint density at radius 1 is 1.07 bits per heavy atom. The minimum absolute atomic E-state index is 0.0418. The molecule has 1 atom stereocenters. The normalized spacial score (nSPS) is 11.1. The zero-order valence-corrected chi connectivity index (χ0v) is 25.4. The Morgan fingerprint density at radius 3 is 2.15 bits per heavy atom. The first kappa shape index (κ1) is 33.9. The van der Waals surface area contributed by atoms with Crippen LogP contribution in [-0.2, 0) is 12.8 Å². The van der Waals surface area contributed by atoms with Gasteiger partial charge in [0.2, 0.25) is 0 Å². The van der Waals surface area contributed by atoms with Gasteiger partial charge in [0, 0.05) is 32.2 Å². The number of hydrogen-bond acceptors (Lipinski definition) is 5. The average molecular weight is 546 g/mol. The number of ether oxygens (including phenoxy) is 1. The third-order valence-corrected chi connectivity index (χ3v) is 5.91. The molecule has 7 nitrogen and oxygen atoms in total. The summed E-state index contributed by atoms with van der Waals surface area (Å²) >= 11 is 0. The molecular formula is C33H47N5O2. The van der Waals surface area contributed by atoms with Crippen molar-refractivity contribution in [2.75, 3.05) is 6.61 Å². The Hall–Kier alpha value is -4.13. The van der Waals surface area contributed by atoms with E-state index < -0.39 is 0 Å². The molecule has 0 spiro atoms. The number of nitrogens with one attached hydrogen (secondary N) is 1. The first-order valence-corrected chi connectivity index (χ1v) is 13.7. The average Bonchev–Trinajstić information content (AvgIpc) is 3.72. The van der Waals surface area contributed by atoms with Gasteiger partial charge in [-0.2, -0.15) is 5.10 Å². The molecule has 4 rings (SSSR count). The molecule has 0 saturated heterocycles. The van der Waals surface area contributed by atoms with Gasteiger partial charge in [0.05, 0.1) is 18.3 Å². The van der Waals surface area contributed by atoms with Crippen molar-refractivity contribution in [1.29, 1.82) is 0 Å². The molecule has 0 bridgehead atoms. The summed E-state index contributed by atoms with van der Waals surface area (Å²) in [5, 5.41) is 7.31. The highest BCUT2D eigenvalue weighted by Gasteiger charge is 2.18. The largest absolute Gasteiger partial charge is 0.493 e. The monoisotopic (exact) mass is 545 g/mol. The number of allylic oxidation sites excluding steroid dienone is 3. The van der Waals surface area contributed by atoms with Crippen LogP contribution in [-0.4, -0.2) is 31.3 Å². The molecule has 0 amide bonds. The van der Waals surface area contributed by atoms with Crippen LogP contribution < -0.4 is 4.74 Å². The minimum Gasteiger partial charge on any atom is -0.493 e. The third-order valence-electron chi connectivity index (χ3n) is 5.91. The zero-order valence-electron chi connectivity index (χ0n) is 25.4. The van der Waals surface area contributed by atoms with Gasteiger partial charge in [-0.15, -0.1) is 19.7 Å². The van der Waals surface area contributed by atoms with Crippen LogP contribution in [0.4, 0.5) is 0 Å². The van der Waals surface area contributed by atoms with Gasteiger partial charge in [-0.25, -0.2) is 9.97 Å². The Labute approximate surface area is 240 Å². The molecule has 1 N–H and O–H groups in total. The van der Waals surface area contributed by atoms with Crippen LogP contribution in [0.15, 0.2) is 90.7 Å². The Kier molecular flexibility index (Phi) is 16.1. The van der Waals surface area contributed by atoms with E-state index in [2.05, 4.69) is 83.4 Å². The van der Waals surface area contributed by atoms with Crippen molar-refractivity contribution in [3.8, 4) is 5.75 Å². The number of nitrogens with zero attached hydrogens (tertiary/aromatic N) is 4. The number of H-pyrrole nitrogens is 1. The van der Waals surface area contributed by atoms with Crippen LogP contribution in [0.2, 0.25) is 0 Å². The molecule has 7 heteroatoms. The fraction of sp³-hybridized carbons (Fsp3) is 0.364. The lowest BCUT2D eigenvalue weighted by atomic mass is 10.1. The van der Waals surface area contributed by atoms with E-state index in [1.54, 1.807) is 6.08 Å². The van der Waals surface area contributed by atoms with Crippen molar-refractivity contribution in [3.05, 3.63) is 121 Å². The summed E-state index contributed by atoms with van der Waals surface area (Å²) in [6, 6.07) is 12.3. The second-order valence-corrected chi connectivity index (χ2v) is 9.00. The molecule has 3 aromatic heterocycles. The van der Waals surface area contributed by atoms with Crippen LogP contribution in [0.3, 0.4) is 0 Å². The predicted molar refractivity (Wildman–Crippen MR) is 166 cm³/mol. The fourth-order valence-corrected chi connectivity index (χ4v) is 3.61. The summed E-state index contributed by atoms with van der Waals surface area (Å²) in [5.41, 5.74) is 3.62. The highest BCUT2D eigenvalue weighted by atomic mass is 16.5. The molecule has 4 aromatic rings. The summed E-state index contributed by atoms with van der Waals surface area (Å²) in [7, 11) is 0. The van der Waals surface area contributed by atoms with Crippen LogP contribution >= 0.6 is 0 Å². The number of benzene rings is 1. The van der Waals surface area contributed by atoms with Crippen molar-refractivity contribution in [2.45, 2.75) is 73.8 Å². The van der Waals surface area contributed by atoms with Gasteiger partial charge < -0.3 is 13.7 Å². The maximum Gasteiger partial charge on any atom is 0.191 e. The van der Waals surface area contributed by atoms with E-state index in [0.29, 0.717) is 12.5 Å². The van der Waals surface area contributed by atoms with E-state index in [1.165, 1.54) is 17.6 Å². The zero-order chi connectivity index (χ0) is 29.9. The molecule has 0 aliphatic heterocycles. The van der Waals surface area contributed by atoms with Crippen LogP contribution in [0.5, 0.6) is 5.75 Å². The molecule has 0 radical (unpaired) electrons. The lowest BCUT2D eigenvalue weighted by Gasteiger charge is -2.16. The first-order valence-electron chi connectivity index (χ1n) is 13.7. The topological polar surface area (TPSA) is 81.8 Å². The smallest absolute Gasteiger partial charge is 0.191 e. The van der Waals surface area contributed by atoms with E-state index in [4.69, 9.17) is 9.15 Å². The summed E-state index contributed by atoms with van der Waals surface area (Å²) in [5.74, 6) is 4.01. The quantitative estimate of drug-likeness (QED) is 0.214. The molecule has 40 heavy (non-hydrogen) atoms. The minimum atomic E-state index is 0.0418. The van der Waals surface area contributed by atoms with Gasteiger partial charge >= 0.3 is 0 Å². The van der Waals surface area contributed by atoms with Crippen molar-refractivity contribution in [1.82, 2.24) is 24.7 Å². The SMILES string of the molecule is C/C=C(/C)CC.C=C.C=CC.Cc1nc([C@H](Cc2ccc(OCCc3nc(C)oc3C)cc2)n2cccc2)n[nH]1. The van der Waals surface area contributed by atoms with Gasteiger partial charge in [0.25, 0.3) is 0 Å². The molecule has 0 fully saturated rings. The van der Waals surface area contributed by atoms with E-state index in [-0.39, 0.29) is 6.04 Å². The summed E-state index contributed by atoms with van der Waals surface area (Å²) in [6.07, 6.45) is 10.7. The van der Waals surface area contributed by atoms with Crippen LogP contribution in [0.1, 0.15) is 74.7 Å². The van der Waals surface area contributed by atoms with Gasteiger partial charge in [-0.3, -0.25) is 5.10 Å². The Balaban J connectivity index is 0.000000627.